The van der Waals surface area contributed by atoms with Crippen LogP contribution < -0.4 is 0 Å². The summed E-state index contributed by atoms with van der Waals surface area (Å²) in [6.07, 6.45) is 0. The molecule has 0 spiro atoms. The van der Waals surface area contributed by atoms with Gasteiger partial charge in [-0.2, -0.15) is 8.42 Å². The molecule has 6 heteroatoms. The van der Waals surface area contributed by atoms with Crippen molar-refractivity contribution < 1.29 is 13.0 Å². The standard InChI is InChI=1S/C3H9N.HIO3S/c1-4(2)3;1-5(2,3)4/h1-3H3;(H,2,3,4). The van der Waals surface area contributed by atoms with Gasteiger partial charge in [0, 0.05) is 0 Å². The predicted molar refractivity (Wildman–Crippen MR) is 45.2 cm³/mol. The fourth-order valence-electron chi connectivity index (χ4n) is 0. The molecule has 0 aliphatic carbocycles. The quantitative estimate of drug-likeness (QED) is 0.392. The molecule has 0 amide bonds. The first-order chi connectivity index (χ1) is 3.73. The van der Waals surface area contributed by atoms with Gasteiger partial charge in [0.25, 0.3) is 0 Å². The highest BCUT2D eigenvalue weighted by Gasteiger charge is 1.85. The molecule has 0 saturated carbocycles. The molecular weight excluding hydrogens is 257 g/mol. The monoisotopic (exact) mass is 267 g/mol. The molecule has 4 nitrogen and oxygen atoms in total. The van der Waals surface area contributed by atoms with Gasteiger partial charge in [0.2, 0.25) is 0 Å². The second-order valence-corrected chi connectivity index (χ2v) is 5.92. The van der Waals surface area contributed by atoms with Crippen LogP contribution in [0.2, 0.25) is 0 Å². The highest BCUT2D eigenvalue weighted by molar-refractivity contribution is 14.2. The van der Waals surface area contributed by atoms with Gasteiger partial charge in [-0.15, -0.1) is 0 Å². The molecule has 0 rings (SSSR count). The Morgan fingerprint density at radius 3 is 1.33 bits per heavy atom. The van der Waals surface area contributed by atoms with E-state index in [1.165, 1.54) is 0 Å². The molecule has 0 bridgehead atoms. The average molecular weight is 267 g/mol. The highest BCUT2D eigenvalue weighted by Crippen LogP contribution is 1.90. The topological polar surface area (TPSA) is 57.6 Å². The molecule has 0 heterocycles. The highest BCUT2D eigenvalue weighted by atomic mass is 127. The van der Waals surface area contributed by atoms with E-state index in [0.717, 1.165) is 21.2 Å². The molecule has 0 aromatic rings. The van der Waals surface area contributed by atoms with Crippen LogP contribution in [0.25, 0.3) is 0 Å². The van der Waals surface area contributed by atoms with E-state index in [0.29, 0.717) is 0 Å². The second kappa shape index (κ2) is 5.39. The van der Waals surface area contributed by atoms with Crippen LogP contribution in [0.15, 0.2) is 0 Å². The summed E-state index contributed by atoms with van der Waals surface area (Å²) in [7, 11) is 2.30. The first kappa shape index (κ1) is 12.3. The minimum absolute atomic E-state index is 0.905. The van der Waals surface area contributed by atoms with Crippen LogP contribution in [-0.4, -0.2) is 39.0 Å². The van der Waals surface area contributed by atoms with Gasteiger partial charge < -0.3 is 4.90 Å². The Kier molecular flexibility index (Phi) is 7.36. The third kappa shape index (κ3) is 1040. The van der Waals surface area contributed by atoms with Gasteiger partial charge in [0.1, 0.15) is 21.2 Å². The lowest BCUT2D eigenvalue weighted by Crippen LogP contribution is -1.99. The molecule has 9 heavy (non-hydrogen) atoms. The SMILES string of the molecule is CN(C)C.O=S(=O)(O)I. The average Bonchev–Trinajstić information content (AvgIpc) is 1.19. The lowest BCUT2D eigenvalue weighted by atomic mass is 11.0. The fraction of sp³-hybridized carbons (Fsp3) is 1.00. The Morgan fingerprint density at radius 1 is 1.33 bits per heavy atom. The van der Waals surface area contributed by atoms with Gasteiger partial charge in [0.15, 0.2) is 0 Å². The minimum Gasteiger partial charge on any atom is -0.312 e. The summed E-state index contributed by atoms with van der Waals surface area (Å²) in [6, 6.07) is 0. The minimum atomic E-state index is -3.70. The summed E-state index contributed by atoms with van der Waals surface area (Å²) in [5.74, 6) is 0. The third-order valence-corrected chi connectivity index (χ3v) is 0. The summed E-state index contributed by atoms with van der Waals surface area (Å²) in [6.45, 7) is 0. The number of nitrogens with zero attached hydrogens (tertiary/aromatic N) is 1. The van der Waals surface area contributed by atoms with Gasteiger partial charge in [-0.05, 0) is 21.1 Å². The molecule has 0 aliphatic heterocycles. The molecule has 0 fully saturated rings. The van der Waals surface area contributed by atoms with Crippen molar-refractivity contribution in [3.8, 4) is 0 Å². The predicted octanol–water partition coefficient (Wildman–Crippen LogP) is 0.402. The Balaban J connectivity index is 0. The zero-order chi connectivity index (χ0) is 8.08. The van der Waals surface area contributed by atoms with Crippen LogP contribution >= 0.6 is 21.2 Å². The van der Waals surface area contributed by atoms with Crippen molar-refractivity contribution in [2.45, 2.75) is 0 Å². The fourth-order valence-corrected chi connectivity index (χ4v) is 0. The normalized spacial score (nSPS) is 10.4. The summed E-state index contributed by atoms with van der Waals surface area (Å²) in [5.41, 5.74) is 0. The summed E-state index contributed by atoms with van der Waals surface area (Å²) < 4.78 is 25.8. The smallest absolute Gasteiger partial charge is 0.312 e. The van der Waals surface area contributed by atoms with Crippen molar-refractivity contribution in [2.24, 2.45) is 0 Å². The number of halogens is 1. The van der Waals surface area contributed by atoms with E-state index in [4.69, 9.17) is 4.55 Å². The first-order valence-corrected chi connectivity index (χ1v) is 5.99. The van der Waals surface area contributed by atoms with Crippen molar-refractivity contribution in [1.29, 1.82) is 0 Å². The van der Waals surface area contributed by atoms with E-state index in [1.54, 1.807) is 0 Å². The second-order valence-electron chi connectivity index (χ2n) is 1.75. The van der Waals surface area contributed by atoms with E-state index in [1.807, 2.05) is 26.0 Å². The van der Waals surface area contributed by atoms with Crippen molar-refractivity contribution in [2.75, 3.05) is 21.1 Å². The summed E-state index contributed by atoms with van der Waals surface area (Å²) >= 11 is 0.905. The lowest BCUT2D eigenvalue weighted by Gasteiger charge is -1.90. The lowest BCUT2D eigenvalue weighted by molar-refractivity contribution is 0.505. The molecule has 1 N–H and O–H groups in total. The number of rotatable bonds is 0. The summed E-state index contributed by atoms with van der Waals surface area (Å²) in [4.78, 5) is 2.00. The number of hydrogen-bond acceptors (Lipinski definition) is 3. The van der Waals surface area contributed by atoms with E-state index in [-0.39, 0.29) is 0 Å². The van der Waals surface area contributed by atoms with Crippen molar-refractivity contribution >= 4 is 28.5 Å². The van der Waals surface area contributed by atoms with E-state index in [9.17, 15) is 8.42 Å². The Hall–Kier alpha value is 0.600. The van der Waals surface area contributed by atoms with Crippen molar-refractivity contribution in [3.05, 3.63) is 0 Å². The van der Waals surface area contributed by atoms with Gasteiger partial charge in [-0.25, -0.2) is 0 Å². The molecule has 0 radical (unpaired) electrons. The first-order valence-electron chi connectivity index (χ1n) is 2.01. The van der Waals surface area contributed by atoms with E-state index in [2.05, 4.69) is 0 Å². The van der Waals surface area contributed by atoms with Crippen molar-refractivity contribution in [3.63, 3.8) is 0 Å². The number of hydrogen-bond donors (Lipinski definition) is 1. The maximum absolute atomic E-state index is 9.17. The molecule has 0 unspecified atom stereocenters. The van der Waals surface area contributed by atoms with Gasteiger partial charge in [-0.3, -0.25) is 4.55 Å². The summed E-state index contributed by atoms with van der Waals surface area (Å²) in [5, 5.41) is 0. The largest absolute Gasteiger partial charge is 0.318 e. The van der Waals surface area contributed by atoms with Crippen molar-refractivity contribution in [1.82, 2.24) is 4.90 Å². The molecular formula is C3H10INO3S. The zero-order valence-electron chi connectivity index (χ0n) is 5.50. The van der Waals surface area contributed by atoms with Gasteiger partial charge in [-0.1, -0.05) is 0 Å². The van der Waals surface area contributed by atoms with Crippen LogP contribution in [-0.2, 0) is 7.29 Å². The van der Waals surface area contributed by atoms with Crippen LogP contribution in [0.3, 0.4) is 0 Å². The molecule has 0 aliphatic rings. The van der Waals surface area contributed by atoms with Crippen LogP contribution in [0.4, 0.5) is 0 Å². The molecule has 0 aromatic heterocycles. The molecule has 58 valence electrons. The van der Waals surface area contributed by atoms with Gasteiger partial charge in [0.05, 0.1) is 0 Å². The molecule has 0 aromatic carbocycles. The van der Waals surface area contributed by atoms with E-state index < -0.39 is 7.29 Å². The van der Waals surface area contributed by atoms with Crippen LogP contribution in [0, 0.1) is 0 Å². The maximum Gasteiger partial charge on any atom is 0.318 e. The molecule has 0 atom stereocenters. The van der Waals surface area contributed by atoms with Crippen LogP contribution in [0.5, 0.6) is 0 Å². The third-order valence-electron chi connectivity index (χ3n) is 0. The zero-order valence-corrected chi connectivity index (χ0v) is 8.47. The maximum atomic E-state index is 9.17. The Morgan fingerprint density at radius 2 is 1.33 bits per heavy atom. The van der Waals surface area contributed by atoms with Gasteiger partial charge >= 0.3 is 7.29 Å². The van der Waals surface area contributed by atoms with E-state index >= 15 is 0 Å². The Bertz CT molecular complexity index is 130. The Labute approximate surface area is 67.6 Å². The molecule has 0 saturated heterocycles. The van der Waals surface area contributed by atoms with Crippen LogP contribution in [0.1, 0.15) is 0 Å².